The Kier molecular flexibility index (Phi) is 4.30. The fraction of sp³-hybridized carbons (Fsp3) is 0.286. The number of unbranched alkanes of at least 4 members (excludes halogenated alkanes) is 1. The van der Waals surface area contributed by atoms with Crippen LogP contribution in [0, 0.1) is 0 Å². The number of nitrogens with zero attached hydrogens (tertiary/aromatic N) is 1. The molecule has 0 aliphatic carbocycles. The minimum Gasteiger partial charge on any atom is -0.347 e. The standard InChI is InChI=1S/C14H17N3O2/c15-16-14(19)7-3-4-9-17-10-8-13(18)11-5-1-2-6-12(11)17/h1-2,5-6,8,10H,3-4,7,9,15H2,(H,16,19). The van der Waals surface area contributed by atoms with E-state index in [9.17, 15) is 9.59 Å². The number of nitrogens with two attached hydrogens (primary N) is 1. The SMILES string of the molecule is NNC(=O)CCCCn1ccc(=O)c2ccccc21. The zero-order valence-electron chi connectivity index (χ0n) is 10.6. The van der Waals surface area contributed by atoms with Gasteiger partial charge in [-0.1, -0.05) is 12.1 Å². The van der Waals surface area contributed by atoms with Gasteiger partial charge in [0.2, 0.25) is 5.91 Å². The molecular weight excluding hydrogens is 242 g/mol. The van der Waals surface area contributed by atoms with Gasteiger partial charge in [-0.25, -0.2) is 5.84 Å². The largest absolute Gasteiger partial charge is 0.347 e. The third-order valence-corrected chi connectivity index (χ3v) is 3.10. The lowest BCUT2D eigenvalue weighted by molar-refractivity contribution is -0.121. The number of benzene rings is 1. The maximum absolute atomic E-state index is 11.7. The van der Waals surface area contributed by atoms with Gasteiger partial charge in [0, 0.05) is 30.6 Å². The number of hydrogen-bond donors (Lipinski definition) is 2. The third kappa shape index (κ3) is 3.20. The minimum absolute atomic E-state index is 0.0364. The number of hydrazine groups is 1. The molecule has 100 valence electrons. The van der Waals surface area contributed by atoms with E-state index in [1.54, 1.807) is 12.3 Å². The van der Waals surface area contributed by atoms with E-state index in [2.05, 4.69) is 5.43 Å². The van der Waals surface area contributed by atoms with Crippen LogP contribution in [0.15, 0.2) is 41.3 Å². The summed E-state index contributed by atoms with van der Waals surface area (Å²) in [4.78, 5) is 22.7. The molecule has 19 heavy (non-hydrogen) atoms. The Hall–Kier alpha value is -2.14. The number of aryl methyl sites for hydroxylation is 1. The Morgan fingerprint density at radius 1 is 1.21 bits per heavy atom. The average Bonchev–Trinajstić information content (AvgIpc) is 2.45. The van der Waals surface area contributed by atoms with Crippen molar-refractivity contribution in [2.45, 2.75) is 25.8 Å². The fourth-order valence-electron chi connectivity index (χ4n) is 2.10. The molecule has 0 fully saturated rings. The minimum atomic E-state index is -0.148. The van der Waals surface area contributed by atoms with E-state index in [1.807, 2.05) is 28.8 Å². The van der Waals surface area contributed by atoms with Crippen LogP contribution in [0.4, 0.5) is 0 Å². The Bertz CT molecular complexity index is 634. The topological polar surface area (TPSA) is 77.1 Å². The van der Waals surface area contributed by atoms with Gasteiger partial charge in [0.25, 0.3) is 0 Å². The highest BCUT2D eigenvalue weighted by Crippen LogP contribution is 2.10. The van der Waals surface area contributed by atoms with Gasteiger partial charge in [-0.2, -0.15) is 0 Å². The molecule has 1 aromatic carbocycles. The lowest BCUT2D eigenvalue weighted by atomic mass is 10.2. The van der Waals surface area contributed by atoms with E-state index in [1.165, 1.54) is 0 Å². The van der Waals surface area contributed by atoms with Crippen molar-refractivity contribution in [2.24, 2.45) is 5.84 Å². The highest BCUT2D eigenvalue weighted by atomic mass is 16.2. The second kappa shape index (κ2) is 6.15. The number of nitrogens with one attached hydrogen (secondary N) is 1. The number of hydrogen-bond acceptors (Lipinski definition) is 3. The smallest absolute Gasteiger partial charge is 0.233 e. The van der Waals surface area contributed by atoms with Crippen LogP contribution in [0.25, 0.3) is 10.9 Å². The van der Waals surface area contributed by atoms with Crippen LogP contribution >= 0.6 is 0 Å². The quantitative estimate of drug-likeness (QED) is 0.366. The maximum Gasteiger partial charge on any atom is 0.233 e. The van der Waals surface area contributed by atoms with Crippen LogP contribution in [0.3, 0.4) is 0 Å². The molecule has 0 saturated carbocycles. The zero-order valence-corrected chi connectivity index (χ0v) is 10.6. The molecule has 0 unspecified atom stereocenters. The van der Waals surface area contributed by atoms with Crippen molar-refractivity contribution >= 4 is 16.8 Å². The maximum atomic E-state index is 11.7. The van der Waals surface area contributed by atoms with Crippen molar-refractivity contribution in [1.29, 1.82) is 0 Å². The summed E-state index contributed by atoms with van der Waals surface area (Å²) in [6, 6.07) is 9.12. The second-order valence-corrected chi connectivity index (χ2v) is 4.42. The van der Waals surface area contributed by atoms with Gasteiger partial charge >= 0.3 is 0 Å². The highest BCUT2D eigenvalue weighted by Gasteiger charge is 2.02. The molecule has 3 N–H and O–H groups in total. The summed E-state index contributed by atoms with van der Waals surface area (Å²) in [6.07, 6.45) is 3.85. The highest BCUT2D eigenvalue weighted by molar-refractivity contribution is 5.78. The fourth-order valence-corrected chi connectivity index (χ4v) is 2.10. The third-order valence-electron chi connectivity index (χ3n) is 3.10. The molecule has 1 amide bonds. The first-order valence-electron chi connectivity index (χ1n) is 6.30. The van der Waals surface area contributed by atoms with Gasteiger partial charge in [0.1, 0.15) is 0 Å². The summed E-state index contributed by atoms with van der Waals surface area (Å²) >= 11 is 0. The normalized spacial score (nSPS) is 10.6. The molecule has 5 heteroatoms. The molecule has 0 bridgehead atoms. The van der Waals surface area contributed by atoms with E-state index in [0.717, 1.165) is 30.3 Å². The van der Waals surface area contributed by atoms with Gasteiger partial charge in [-0.05, 0) is 25.0 Å². The number of carbonyl (C=O) groups excluding carboxylic acids is 1. The van der Waals surface area contributed by atoms with Crippen molar-refractivity contribution in [3.05, 3.63) is 46.8 Å². The van der Waals surface area contributed by atoms with Crippen LogP contribution in [0.2, 0.25) is 0 Å². The summed E-state index contributed by atoms with van der Waals surface area (Å²) in [6.45, 7) is 0.776. The first kappa shape index (κ1) is 13.3. The molecule has 2 rings (SSSR count). The number of para-hydroxylation sites is 1. The van der Waals surface area contributed by atoms with Crippen LogP contribution in [0.5, 0.6) is 0 Å². The number of carbonyl (C=O) groups is 1. The van der Waals surface area contributed by atoms with E-state index in [-0.39, 0.29) is 11.3 Å². The molecule has 0 spiro atoms. The molecule has 0 saturated heterocycles. The summed E-state index contributed by atoms with van der Waals surface area (Å²) in [7, 11) is 0. The monoisotopic (exact) mass is 259 g/mol. The molecule has 1 aromatic heterocycles. The van der Waals surface area contributed by atoms with Crippen molar-refractivity contribution in [1.82, 2.24) is 9.99 Å². The Balaban J connectivity index is 2.07. The molecule has 0 radical (unpaired) electrons. The predicted molar refractivity (Wildman–Crippen MR) is 74.4 cm³/mol. The van der Waals surface area contributed by atoms with E-state index >= 15 is 0 Å². The Morgan fingerprint density at radius 3 is 2.79 bits per heavy atom. The van der Waals surface area contributed by atoms with Crippen molar-refractivity contribution in [3.63, 3.8) is 0 Å². The molecule has 5 nitrogen and oxygen atoms in total. The van der Waals surface area contributed by atoms with E-state index < -0.39 is 0 Å². The molecule has 2 aromatic rings. The molecular formula is C14H17N3O2. The van der Waals surface area contributed by atoms with E-state index in [4.69, 9.17) is 5.84 Å². The van der Waals surface area contributed by atoms with Crippen molar-refractivity contribution < 1.29 is 4.79 Å². The van der Waals surface area contributed by atoms with Crippen molar-refractivity contribution in [3.8, 4) is 0 Å². The summed E-state index contributed by atoms with van der Waals surface area (Å²) in [5.41, 5.74) is 3.08. The number of rotatable bonds is 5. The van der Waals surface area contributed by atoms with Gasteiger partial charge in [-0.15, -0.1) is 0 Å². The van der Waals surface area contributed by atoms with Gasteiger partial charge in [-0.3, -0.25) is 15.0 Å². The number of pyridine rings is 1. The molecule has 0 aliphatic heterocycles. The second-order valence-electron chi connectivity index (χ2n) is 4.42. The summed E-state index contributed by atoms with van der Waals surface area (Å²) < 4.78 is 2.04. The van der Waals surface area contributed by atoms with Crippen LogP contribution < -0.4 is 16.7 Å². The van der Waals surface area contributed by atoms with Gasteiger partial charge in [0.05, 0.1) is 5.52 Å². The molecule has 0 atom stereocenters. The predicted octanol–water partition coefficient (Wildman–Crippen LogP) is 1.16. The first-order chi connectivity index (χ1) is 9.22. The number of aromatic nitrogens is 1. The lowest BCUT2D eigenvalue weighted by Crippen LogP contribution is -2.29. The van der Waals surface area contributed by atoms with Gasteiger partial charge in [0.15, 0.2) is 5.43 Å². The Labute approximate surface area is 111 Å². The van der Waals surface area contributed by atoms with Crippen LogP contribution in [-0.4, -0.2) is 10.5 Å². The lowest BCUT2D eigenvalue weighted by Gasteiger charge is -2.10. The van der Waals surface area contributed by atoms with E-state index in [0.29, 0.717) is 6.42 Å². The Morgan fingerprint density at radius 2 is 2.00 bits per heavy atom. The number of amides is 1. The summed E-state index contributed by atoms with van der Waals surface area (Å²) in [5.74, 6) is 4.87. The molecule has 0 aliphatic rings. The van der Waals surface area contributed by atoms with Crippen LogP contribution in [0.1, 0.15) is 19.3 Å². The summed E-state index contributed by atoms with van der Waals surface area (Å²) in [5, 5.41) is 0.727. The van der Waals surface area contributed by atoms with Gasteiger partial charge < -0.3 is 4.57 Å². The molecule has 1 heterocycles. The zero-order chi connectivity index (χ0) is 13.7. The first-order valence-corrected chi connectivity index (χ1v) is 6.30. The van der Waals surface area contributed by atoms with Crippen molar-refractivity contribution in [2.75, 3.05) is 0 Å². The number of fused-ring (bicyclic) bond motifs is 1. The van der Waals surface area contributed by atoms with Crippen LogP contribution in [-0.2, 0) is 11.3 Å². The average molecular weight is 259 g/mol.